The molecule has 0 aliphatic carbocycles. The van der Waals surface area contributed by atoms with Gasteiger partial charge in [0, 0.05) is 25.5 Å². The number of nitrogens with zero attached hydrogens (tertiary/aromatic N) is 5. The molecule has 4 aromatic rings. The van der Waals surface area contributed by atoms with Gasteiger partial charge in [0.05, 0.1) is 5.69 Å². The maximum absolute atomic E-state index is 12.8. The second kappa shape index (κ2) is 6.26. The van der Waals surface area contributed by atoms with Crippen LogP contribution in [0.15, 0.2) is 46.5 Å². The maximum Gasteiger partial charge on any atom is 0.332 e. The van der Waals surface area contributed by atoms with Gasteiger partial charge in [-0.25, -0.2) is 4.79 Å². The lowest BCUT2D eigenvalue weighted by Crippen LogP contribution is -2.37. The lowest BCUT2D eigenvalue weighted by Gasteiger charge is -2.12. The molecule has 3 heterocycles. The molecular formula is C20H21N5O3. The van der Waals surface area contributed by atoms with Crippen LogP contribution in [-0.2, 0) is 14.1 Å². The normalized spacial score (nSPS) is 11.4. The molecule has 28 heavy (non-hydrogen) atoms. The highest BCUT2D eigenvalue weighted by Crippen LogP contribution is 2.29. The number of aryl methyl sites for hydroxylation is 2. The summed E-state index contributed by atoms with van der Waals surface area (Å²) in [6.45, 7) is 7.96. The van der Waals surface area contributed by atoms with Crippen LogP contribution in [0.1, 0.15) is 11.4 Å². The van der Waals surface area contributed by atoms with Crippen LogP contribution >= 0.6 is 0 Å². The molecule has 0 bridgehead atoms. The van der Waals surface area contributed by atoms with Crippen LogP contribution in [0.5, 0.6) is 5.75 Å². The van der Waals surface area contributed by atoms with Crippen LogP contribution in [0.4, 0.5) is 0 Å². The Kier molecular flexibility index (Phi) is 3.99. The van der Waals surface area contributed by atoms with Gasteiger partial charge in [0.25, 0.3) is 5.56 Å². The molecule has 4 rings (SSSR count). The number of para-hydroxylation sites is 2. The Morgan fingerprint density at radius 2 is 1.82 bits per heavy atom. The number of hydrogen-bond acceptors (Lipinski definition) is 4. The van der Waals surface area contributed by atoms with Gasteiger partial charge in [0.15, 0.2) is 11.2 Å². The molecule has 0 fully saturated rings. The zero-order valence-corrected chi connectivity index (χ0v) is 16.3. The van der Waals surface area contributed by atoms with Gasteiger partial charge >= 0.3 is 5.69 Å². The van der Waals surface area contributed by atoms with E-state index in [1.165, 1.54) is 11.6 Å². The number of rotatable bonds is 4. The predicted octanol–water partition coefficient (Wildman–Crippen LogP) is 1.86. The van der Waals surface area contributed by atoms with Crippen molar-refractivity contribution < 1.29 is 4.74 Å². The lowest BCUT2D eigenvalue weighted by molar-refractivity contribution is 0.362. The van der Waals surface area contributed by atoms with Crippen molar-refractivity contribution >= 4 is 16.9 Å². The van der Waals surface area contributed by atoms with Gasteiger partial charge < -0.3 is 4.74 Å². The largest absolute Gasteiger partial charge is 0.487 e. The molecule has 8 nitrogen and oxygen atoms in total. The van der Waals surface area contributed by atoms with E-state index < -0.39 is 5.69 Å². The first-order valence-corrected chi connectivity index (χ1v) is 8.87. The van der Waals surface area contributed by atoms with Crippen molar-refractivity contribution in [2.24, 2.45) is 14.1 Å². The minimum absolute atomic E-state index is 0.351. The van der Waals surface area contributed by atoms with Gasteiger partial charge in [-0.1, -0.05) is 24.8 Å². The van der Waals surface area contributed by atoms with Crippen LogP contribution in [-0.4, -0.2) is 29.7 Å². The lowest BCUT2D eigenvalue weighted by atomic mass is 10.2. The van der Waals surface area contributed by atoms with Gasteiger partial charge in [0.1, 0.15) is 12.4 Å². The number of benzene rings is 1. The van der Waals surface area contributed by atoms with Crippen molar-refractivity contribution in [3.63, 3.8) is 0 Å². The number of aromatic nitrogens is 5. The highest BCUT2D eigenvalue weighted by Gasteiger charge is 2.23. The van der Waals surface area contributed by atoms with E-state index in [-0.39, 0.29) is 5.56 Å². The summed E-state index contributed by atoms with van der Waals surface area (Å²) in [7, 11) is 3.09. The third kappa shape index (κ3) is 2.27. The Balaban J connectivity index is 2.16. The first-order chi connectivity index (χ1) is 13.4. The van der Waals surface area contributed by atoms with Crippen molar-refractivity contribution in [2.75, 3.05) is 6.61 Å². The molecule has 0 amide bonds. The molecule has 0 N–H and O–H groups in total. The summed E-state index contributed by atoms with van der Waals surface area (Å²) < 4.78 is 12.1. The van der Waals surface area contributed by atoms with Crippen molar-refractivity contribution in [1.82, 2.24) is 23.1 Å². The molecule has 0 saturated heterocycles. The van der Waals surface area contributed by atoms with Crippen LogP contribution in [0.2, 0.25) is 0 Å². The Hall–Kier alpha value is -3.55. The standard InChI is InChI=1S/C20H21N5O3/c1-6-11-28-15-10-8-7-9-14(15)24-12(2)13(3)25-16-17(21-19(24)25)22(4)20(27)23(5)18(16)26/h6-10H,1,11H2,2-5H3. The topological polar surface area (TPSA) is 75.5 Å². The third-order valence-corrected chi connectivity index (χ3v) is 5.10. The highest BCUT2D eigenvalue weighted by atomic mass is 16.5. The van der Waals surface area contributed by atoms with Crippen LogP contribution < -0.4 is 16.0 Å². The monoisotopic (exact) mass is 379 g/mol. The van der Waals surface area contributed by atoms with E-state index in [1.54, 1.807) is 17.5 Å². The second-order valence-corrected chi connectivity index (χ2v) is 6.70. The first kappa shape index (κ1) is 17.8. The van der Waals surface area contributed by atoms with Crippen molar-refractivity contribution in [2.45, 2.75) is 13.8 Å². The number of hydrogen-bond donors (Lipinski definition) is 0. The first-order valence-electron chi connectivity index (χ1n) is 8.87. The molecule has 0 spiro atoms. The molecule has 0 aliphatic rings. The Morgan fingerprint density at radius 1 is 1.11 bits per heavy atom. The molecule has 0 unspecified atom stereocenters. The summed E-state index contributed by atoms with van der Waals surface area (Å²) in [5.74, 6) is 1.23. The van der Waals surface area contributed by atoms with E-state index in [0.717, 1.165) is 21.6 Å². The van der Waals surface area contributed by atoms with E-state index in [0.29, 0.717) is 29.3 Å². The fourth-order valence-electron chi connectivity index (χ4n) is 3.53. The Labute approximate surface area is 160 Å². The quantitative estimate of drug-likeness (QED) is 0.507. The minimum atomic E-state index is -0.408. The Morgan fingerprint density at radius 3 is 2.54 bits per heavy atom. The van der Waals surface area contributed by atoms with Gasteiger partial charge in [-0.05, 0) is 26.0 Å². The number of ether oxygens (including phenoxy) is 1. The van der Waals surface area contributed by atoms with Gasteiger partial charge in [-0.2, -0.15) is 4.98 Å². The maximum atomic E-state index is 12.8. The fourth-order valence-corrected chi connectivity index (χ4v) is 3.53. The van der Waals surface area contributed by atoms with Gasteiger partial charge in [-0.3, -0.25) is 22.9 Å². The van der Waals surface area contributed by atoms with Crippen molar-refractivity contribution in [3.8, 4) is 11.4 Å². The molecule has 0 radical (unpaired) electrons. The van der Waals surface area contributed by atoms with E-state index >= 15 is 0 Å². The third-order valence-electron chi connectivity index (χ3n) is 5.10. The zero-order chi connectivity index (χ0) is 20.2. The van der Waals surface area contributed by atoms with Crippen LogP contribution in [0.25, 0.3) is 22.6 Å². The van der Waals surface area contributed by atoms with E-state index in [1.807, 2.05) is 42.7 Å². The predicted molar refractivity (Wildman–Crippen MR) is 108 cm³/mol. The van der Waals surface area contributed by atoms with Crippen molar-refractivity contribution in [3.05, 3.63) is 69.1 Å². The highest BCUT2D eigenvalue weighted by molar-refractivity contribution is 5.77. The molecule has 0 atom stereocenters. The van der Waals surface area contributed by atoms with Crippen molar-refractivity contribution in [1.29, 1.82) is 0 Å². The van der Waals surface area contributed by atoms with Gasteiger partial charge in [0.2, 0.25) is 5.78 Å². The van der Waals surface area contributed by atoms with Crippen LogP contribution in [0, 0.1) is 13.8 Å². The molecule has 3 aromatic heterocycles. The SMILES string of the molecule is C=CCOc1ccccc1-n1c(C)c(C)n2c3c(=O)n(C)c(=O)n(C)c3nc12. The zero-order valence-electron chi connectivity index (χ0n) is 16.3. The molecular weight excluding hydrogens is 358 g/mol. The van der Waals surface area contributed by atoms with Crippen LogP contribution in [0.3, 0.4) is 0 Å². The fraction of sp³-hybridized carbons (Fsp3) is 0.250. The molecule has 8 heteroatoms. The summed E-state index contributed by atoms with van der Waals surface area (Å²) in [5, 5.41) is 0. The summed E-state index contributed by atoms with van der Waals surface area (Å²) in [6, 6.07) is 7.62. The average Bonchev–Trinajstić information content (AvgIpc) is 3.19. The number of fused-ring (bicyclic) bond motifs is 3. The smallest absolute Gasteiger partial charge is 0.332 e. The minimum Gasteiger partial charge on any atom is -0.487 e. The molecule has 0 saturated carbocycles. The second-order valence-electron chi connectivity index (χ2n) is 6.70. The molecule has 1 aromatic carbocycles. The summed E-state index contributed by atoms with van der Waals surface area (Å²) >= 11 is 0. The van der Waals surface area contributed by atoms with Gasteiger partial charge in [-0.15, -0.1) is 0 Å². The average molecular weight is 379 g/mol. The summed E-state index contributed by atoms with van der Waals surface area (Å²) in [5.41, 5.74) is 2.54. The summed E-state index contributed by atoms with van der Waals surface area (Å²) in [4.78, 5) is 29.8. The van der Waals surface area contributed by atoms with E-state index in [4.69, 9.17) is 4.74 Å². The molecule has 144 valence electrons. The Bertz CT molecular complexity index is 1370. The summed E-state index contributed by atoms with van der Waals surface area (Å²) in [6.07, 6.45) is 1.68. The van der Waals surface area contributed by atoms with E-state index in [2.05, 4.69) is 11.6 Å². The number of imidazole rings is 2. The van der Waals surface area contributed by atoms with E-state index in [9.17, 15) is 9.59 Å². The molecule has 0 aliphatic heterocycles.